The lowest BCUT2D eigenvalue weighted by atomic mass is 9.90. The van der Waals surface area contributed by atoms with Crippen molar-refractivity contribution >= 4 is 49.6 Å². The van der Waals surface area contributed by atoms with Gasteiger partial charge in [0.05, 0.1) is 28.4 Å². The van der Waals surface area contributed by atoms with E-state index in [0.29, 0.717) is 22.1 Å². The van der Waals surface area contributed by atoms with Crippen LogP contribution in [-0.4, -0.2) is 50.3 Å². The molecule has 0 radical (unpaired) electrons. The lowest BCUT2D eigenvalue weighted by Crippen LogP contribution is -2.33. The Bertz CT molecular complexity index is 1860. The van der Waals surface area contributed by atoms with E-state index >= 15 is 0 Å². The van der Waals surface area contributed by atoms with Gasteiger partial charge in [-0.1, -0.05) is 0 Å². The van der Waals surface area contributed by atoms with Crippen LogP contribution < -0.4 is 15.1 Å². The number of carbonyl (C=O) groups is 1. The minimum atomic E-state index is -4.11. The Morgan fingerprint density at radius 2 is 1.72 bits per heavy atom. The van der Waals surface area contributed by atoms with Crippen molar-refractivity contribution in [1.29, 1.82) is 0 Å². The number of carbonyl (C=O) groups excluding carboxylic acids is 1. The number of aryl methyl sites for hydroxylation is 1. The lowest BCUT2D eigenvalue weighted by Gasteiger charge is -2.16. The first-order valence-corrected chi connectivity index (χ1v) is 14.9. The number of aromatic nitrogens is 1. The number of non-ortho nitro benzene ring substituents is 1. The van der Waals surface area contributed by atoms with Gasteiger partial charge in [0.15, 0.2) is 12.4 Å². The van der Waals surface area contributed by atoms with Crippen LogP contribution >= 0.6 is 0 Å². The molecule has 0 aliphatic heterocycles. The molecule has 1 N–H and O–H groups in total. The minimum Gasteiger partial charge on any atom is -0.462 e. The summed E-state index contributed by atoms with van der Waals surface area (Å²) in [4.78, 5) is 39.7. The number of rotatable bonds is 11. The van der Waals surface area contributed by atoms with E-state index in [1.165, 1.54) is 24.3 Å². The molecule has 43 heavy (non-hydrogen) atoms. The van der Waals surface area contributed by atoms with Crippen molar-refractivity contribution in [3.05, 3.63) is 110 Å². The fourth-order valence-electron chi connectivity index (χ4n) is 4.51. The average Bonchev–Trinajstić information content (AvgIpc) is 2.95. The van der Waals surface area contributed by atoms with Gasteiger partial charge in [-0.2, -0.15) is 8.42 Å². The van der Waals surface area contributed by atoms with Crippen LogP contribution in [0.1, 0.15) is 30.0 Å². The lowest BCUT2D eigenvalue weighted by molar-refractivity contribution is -0.696. The molecule has 0 saturated carbocycles. The van der Waals surface area contributed by atoms with Gasteiger partial charge in [-0.25, -0.2) is 14.2 Å². The number of hydrogen-bond donors (Lipinski definition) is 1. The third-order valence-corrected chi connectivity index (χ3v) is 7.40. The first-order chi connectivity index (χ1) is 20.4. The van der Waals surface area contributed by atoms with Gasteiger partial charge in [-0.05, 0) is 42.8 Å². The summed E-state index contributed by atoms with van der Waals surface area (Å²) in [5.74, 6) is -1.14. The second-order valence-corrected chi connectivity index (χ2v) is 11.4. The van der Waals surface area contributed by atoms with Crippen molar-refractivity contribution in [1.82, 2.24) is 0 Å². The molecule has 0 atom stereocenters. The van der Waals surface area contributed by atoms with Crippen molar-refractivity contribution in [2.75, 3.05) is 31.4 Å². The van der Waals surface area contributed by atoms with Crippen LogP contribution in [0.25, 0.3) is 22.1 Å². The number of benzene rings is 2. The number of anilines is 1. The van der Waals surface area contributed by atoms with Gasteiger partial charge >= 0.3 is 11.6 Å². The Labute approximate surface area is 247 Å². The summed E-state index contributed by atoms with van der Waals surface area (Å²) < 4.78 is 44.0. The zero-order valence-corrected chi connectivity index (χ0v) is 24.5. The maximum absolute atomic E-state index is 13.5. The highest BCUT2D eigenvalue weighted by atomic mass is 32.2. The van der Waals surface area contributed by atoms with Crippen molar-refractivity contribution in [2.45, 2.75) is 19.9 Å². The highest BCUT2D eigenvalue weighted by Gasteiger charge is 2.26. The molecule has 0 bridgehead atoms. The third-order valence-electron chi connectivity index (χ3n) is 6.60. The molecule has 2 aromatic heterocycles. The monoisotopic (exact) mass is 608 g/mol. The molecule has 2 aromatic carbocycles. The van der Waals surface area contributed by atoms with Crippen LogP contribution in [0.4, 0.5) is 11.4 Å². The summed E-state index contributed by atoms with van der Waals surface area (Å²) in [6, 6.07) is 15.6. The van der Waals surface area contributed by atoms with Crippen LogP contribution in [0, 0.1) is 10.1 Å². The van der Waals surface area contributed by atoms with E-state index in [1.54, 1.807) is 54.2 Å². The number of pyridine rings is 1. The zero-order chi connectivity index (χ0) is 31.3. The van der Waals surface area contributed by atoms with Gasteiger partial charge < -0.3 is 14.1 Å². The molecule has 0 spiro atoms. The second kappa shape index (κ2) is 13.0. The van der Waals surface area contributed by atoms with Gasteiger partial charge in [-0.15, -0.1) is 0 Å². The minimum absolute atomic E-state index is 0.0253. The highest BCUT2D eigenvalue weighted by molar-refractivity contribution is 7.85. The summed E-state index contributed by atoms with van der Waals surface area (Å²) in [7, 11) is -0.398. The molecule has 4 rings (SSSR count). The zero-order valence-electron chi connectivity index (χ0n) is 23.7. The molecule has 0 aliphatic carbocycles. The van der Waals surface area contributed by atoms with Crippen LogP contribution in [0.2, 0.25) is 0 Å². The molecule has 0 fully saturated rings. The summed E-state index contributed by atoms with van der Waals surface area (Å²) in [5.41, 5.74) is 1.20. The molecule has 0 aliphatic rings. The van der Waals surface area contributed by atoms with E-state index in [2.05, 4.69) is 0 Å². The molecule has 4 aromatic rings. The largest absolute Gasteiger partial charge is 0.462 e. The molecular weight excluding hydrogens is 578 g/mol. The normalized spacial score (nSPS) is 12.1. The van der Waals surface area contributed by atoms with Gasteiger partial charge in [0.2, 0.25) is 0 Å². The van der Waals surface area contributed by atoms with E-state index < -0.39 is 32.4 Å². The van der Waals surface area contributed by atoms with Crippen LogP contribution in [-0.2, 0) is 26.2 Å². The standard InChI is InChI=1S/C30H29N3O9S/c1-4-41-30(35)28(21-12-15-32(16-13-21)14-5-17-43(38,39)40)27(20-6-9-23(10-7-20)33(36)37)25-18-22-8-11-24(31(2)3)19-26(22)42-29(25)34/h6-13,15-16,18-19H,4-5,14,17H2,1-3H3/p+1. The Hall–Kier alpha value is -4.88. The van der Waals surface area contributed by atoms with Crippen molar-refractivity contribution in [2.24, 2.45) is 0 Å². The second-order valence-electron chi connectivity index (χ2n) is 9.80. The number of fused-ring (bicyclic) bond motifs is 1. The Morgan fingerprint density at radius 1 is 1.05 bits per heavy atom. The van der Waals surface area contributed by atoms with Crippen LogP contribution in [0.5, 0.6) is 0 Å². The SMILES string of the molecule is CCOC(=O)/C(=C(/c1ccc([N+](=O)[O-])cc1)c1cc2ccc(N(C)C)cc2oc1=O)c1cc[n+](CCCS(=O)(=O)O)cc1. The predicted molar refractivity (Wildman–Crippen MR) is 160 cm³/mol. The van der Waals surface area contributed by atoms with E-state index in [4.69, 9.17) is 13.7 Å². The van der Waals surface area contributed by atoms with E-state index in [9.17, 15) is 28.1 Å². The van der Waals surface area contributed by atoms with Gasteiger partial charge in [-0.3, -0.25) is 14.7 Å². The summed E-state index contributed by atoms with van der Waals surface area (Å²) >= 11 is 0. The third kappa shape index (κ3) is 7.50. The topological polar surface area (TPSA) is 161 Å². The van der Waals surface area contributed by atoms with E-state index in [0.717, 1.165) is 5.69 Å². The fourth-order valence-corrected chi connectivity index (χ4v) is 5.00. The first-order valence-electron chi connectivity index (χ1n) is 13.2. The average molecular weight is 609 g/mol. The molecule has 12 nitrogen and oxygen atoms in total. The fraction of sp³-hybridized carbons (Fsp3) is 0.233. The smallest absolute Gasteiger partial charge is 0.344 e. The van der Waals surface area contributed by atoms with Crippen LogP contribution in [0.3, 0.4) is 0 Å². The number of nitro benzene ring substituents is 1. The van der Waals surface area contributed by atoms with Crippen molar-refractivity contribution in [3.63, 3.8) is 0 Å². The van der Waals surface area contributed by atoms with Crippen molar-refractivity contribution < 1.29 is 36.4 Å². The van der Waals surface area contributed by atoms with E-state index in [1.807, 2.05) is 25.1 Å². The quantitative estimate of drug-likeness (QED) is 0.0504. The molecular formula is C30H30N3O9S+. The van der Waals surface area contributed by atoms with Gasteiger partial charge in [0.1, 0.15) is 12.1 Å². The van der Waals surface area contributed by atoms with Crippen LogP contribution in [0.15, 0.2) is 82.3 Å². The molecule has 13 heteroatoms. The Morgan fingerprint density at radius 3 is 2.30 bits per heavy atom. The van der Waals surface area contributed by atoms with Gasteiger partial charge in [0.25, 0.3) is 15.8 Å². The summed E-state index contributed by atoms with van der Waals surface area (Å²) in [6.45, 7) is 1.96. The number of nitro groups is 1. The maximum Gasteiger partial charge on any atom is 0.344 e. The first kappa shape index (κ1) is 31.1. The maximum atomic E-state index is 13.5. The number of nitrogens with zero attached hydrogens (tertiary/aromatic N) is 3. The highest BCUT2D eigenvalue weighted by Crippen LogP contribution is 2.34. The molecule has 0 saturated heterocycles. The molecule has 224 valence electrons. The Balaban J connectivity index is 1.96. The number of esters is 1. The summed E-state index contributed by atoms with van der Waals surface area (Å²) in [5, 5.41) is 11.9. The molecule has 0 unspecified atom stereocenters. The number of ether oxygens (including phenoxy) is 1. The Kier molecular flexibility index (Phi) is 9.37. The molecule has 2 heterocycles. The predicted octanol–water partition coefficient (Wildman–Crippen LogP) is 3.85. The molecule has 0 amide bonds. The summed E-state index contributed by atoms with van der Waals surface area (Å²) in [6.07, 6.45) is 3.40. The van der Waals surface area contributed by atoms with E-state index in [-0.39, 0.29) is 42.0 Å². The van der Waals surface area contributed by atoms with Crippen molar-refractivity contribution in [3.8, 4) is 0 Å². The van der Waals surface area contributed by atoms with Gasteiger partial charge in [0, 0.05) is 73.1 Å². The number of hydrogen-bond acceptors (Lipinski definition) is 9.